The largest absolute Gasteiger partial charge is 0.317 e. The van der Waals surface area contributed by atoms with Crippen LogP contribution in [0, 0.1) is 5.92 Å². The van der Waals surface area contributed by atoms with E-state index in [1.807, 2.05) is 0 Å². The minimum Gasteiger partial charge on any atom is -0.317 e. The molecule has 94 valence electrons. The summed E-state index contributed by atoms with van der Waals surface area (Å²) < 4.78 is 0. The van der Waals surface area contributed by atoms with Gasteiger partial charge < -0.3 is 10.6 Å². The topological polar surface area (TPSA) is 24.1 Å². The van der Waals surface area contributed by atoms with Gasteiger partial charge in [0.25, 0.3) is 0 Å². The predicted molar refractivity (Wildman–Crippen MR) is 73.3 cm³/mol. The lowest BCUT2D eigenvalue weighted by Gasteiger charge is -2.23. The van der Waals surface area contributed by atoms with E-state index < -0.39 is 0 Å². The fourth-order valence-electron chi connectivity index (χ4n) is 2.49. The Kier molecular flexibility index (Phi) is 5.02. The standard InChI is InChI=1S/C15H24N2/c1-13(15-5-3-2-4-6-15)11-17-12-14-7-9-16-10-8-14/h2-6,13-14,16-17H,7-12H2,1H3. The van der Waals surface area contributed by atoms with E-state index in [1.54, 1.807) is 0 Å². The van der Waals surface area contributed by atoms with Crippen LogP contribution in [0.1, 0.15) is 31.2 Å². The van der Waals surface area contributed by atoms with Crippen LogP contribution in [0.2, 0.25) is 0 Å². The second kappa shape index (κ2) is 6.77. The number of hydrogen-bond acceptors (Lipinski definition) is 2. The number of benzene rings is 1. The van der Waals surface area contributed by atoms with Crippen molar-refractivity contribution >= 4 is 0 Å². The molecule has 2 nitrogen and oxygen atoms in total. The highest BCUT2D eigenvalue weighted by molar-refractivity contribution is 5.18. The molecule has 1 atom stereocenters. The third kappa shape index (κ3) is 4.14. The molecule has 1 aromatic rings. The first-order valence-corrected chi connectivity index (χ1v) is 6.82. The summed E-state index contributed by atoms with van der Waals surface area (Å²) in [5.41, 5.74) is 1.44. The summed E-state index contributed by atoms with van der Waals surface area (Å²) in [5.74, 6) is 1.48. The maximum absolute atomic E-state index is 3.63. The second-order valence-corrected chi connectivity index (χ2v) is 5.16. The zero-order chi connectivity index (χ0) is 11.9. The van der Waals surface area contributed by atoms with Crippen molar-refractivity contribution in [1.82, 2.24) is 10.6 Å². The summed E-state index contributed by atoms with van der Waals surface area (Å²) in [5, 5.41) is 7.04. The van der Waals surface area contributed by atoms with Crippen LogP contribution in [-0.2, 0) is 0 Å². The number of piperidine rings is 1. The lowest BCUT2D eigenvalue weighted by molar-refractivity contribution is 0.354. The summed E-state index contributed by atoms with van der Waals surface area (Å²) in [6.45, 7) is 6.96. The molecule has 0 saturated carbocycles. The molecule has 1 saturated heterocycles. The monoisotopic (exact) mass is 232 g/mol. The molecule has 1 aliphatic heterocycles. The molecule has 0 bridgehead atoms. The van der Waals surface area contributed by atoms with Gasteiger partial charge in [-0.2, -0.15) is 0 Å². The third-order valence-electron chi connectivity index (χ3n) is 3.71. The van der Waals surface area contributed by atoms with Gasteiger partial charge in [-0.3, -0.25) is 0 Å². The molecule has 1 aromatic carbocycles. The second-order valence-electron chi connectivity index (χ2n) is 5.16. The minimum absolute atomic E-state index is 0.609. The molecule has 2 heteroatoms. The Balaban J connectivity index is 1.67. The molecule has 0 aromatic heterocycles. The van der Waals surface area contributed by atoms with Gasteiger partial charge in [-0.05, 0) is 49.9 Å². The molecule has 1 aliphatic rings. The molecule has 0 spiro atoms. The molecule has 2 N–H and O–H groups in total. The van der Waals surface area contributed by atoms with Gasteiger partial charge in [0.2, 0.25) is 0 Å². The predicted octanol–water partition coefficient (Wildman–Crippen LogP) is 2.38. The zero-order valence-electron chi connectivity index (χ0n) is 10.8. The Morgan fingerprint density at radius 3 is 2.65 bits per heavy atom. The van der Waals surface area contributed by atoms with Crippen LogP contribution in [0.4, 0.5) is 0 Å². The molecule has 17 heavy (non-hydrogen) atoms. The van der Waals surface area contributed by atoms with Gasteiger partial charge >= 0.3 is 0 Å². The fourth-order valence-corrected chi connectivity index (χ4v) is 2.49. The van der Waals surface area contributed by atoms with Crippen LogP contribution in [-0.4, -0.2) is 26.2 Å². The van der Waals surface area contributed by atoms with Crippen molar-refractivity contribution in [3.05, 3.63) is 35.9 Å². The van der Waals surface area contributed by atoms with Gasteiger partial charge in [0.05, 0.1) is 0 Å². The Hall–Kier alpha value is -0.860. The maximum Gasteiger partial charge on any atom is 0.00176 e. The quantitative estimate of drug-likeness (QED) is 0.814. The van der Waals surface area contributed by atoms with E-state index in [0.29, 0.717) is 5.92 Å². The summed E-state index contributed by atoms with van der Waals surface area (Å²) >= 11 is 0. The van der Waals surface area contributed by atoms with E-state index in [2.05, 4.69) is 47.9 Å². The molecule has 1 unspecified atom stereocenters. The fraction of sp³-hybridized carbons (Fsp3) is 0.600. The van der Waals surface area contributed by atoms with Gasteiger partial charge in [0, 0.05) is 6.54 Å². The Morgan fingerprint density at radius 1 is 1.24 bits per heavy atom. The van der Waals surface area contributed by atoms with Crippen LogP contribution >= 0.6 is 0 Å². The zero-order valence-corrected chi connectivity index (χ0v) is 10.8. The van der Waals surface area contributed by atoms with Gasteiger partial charge in [0.15, 0.2) is 0 Å². The van der Waals surface area contributed by atoms with Crippen molar-refractivity contribution in [3.63, 3.8) is 0 Å². The lowest BCUT2D eigenvalue weighted by Crippen LogP contribution is -2.34. The van der Waals surface area contributed by atoms with Gasteiger partial charge in [-0.25, -0.2) is 0 Å². The maximum atomic E-state index is 3.63. The van der Waals surface area contributed by atoms with Crippen LogP contribution in [0.15, 0.2) is 30.3 Å². The van der Waals surface area contributed by atoms with E-state index in [4.69, 9.17) is 0 Å². The highest BCUT2D eigenvalue weighted by atomic mass is 14.9. The smallest absolute Gasteiger partial charge is 0.00176 e. The molecular weight excluding hydrogens is 208 g/mol. The van der Waals surface area contributed by atoms with Crippen LogP contribution in [0.5, 0.6) is 0 Å². The van der Waals surface area contributed by atoms with E-state index in [-0.39, 0.29) is 0 Å². The number of nitrogens with one attached hydrogen (secondary N) is 2. The molecule has 0 amide bonds. The van der Waals surface area contributed by atoms with E-state index in [9.17, 15) is 0 Å². The number of rotatable bonds is 5. The average molecular weight is 232 g/mol. The highest BCUT2D eigenvalue weighted by Gasteiger charge is 2.12. The van der Waals surface area contributed by atoms with E-state index in [0.717, 1.165) is 12.5 Å². The Labute approximate surface area is 105 Å². The normalized spacial score (nSPS) is 19.1. The molecule has 1 fully saturated rings. The van der Waals surface area contributed by atoms with Crippen LogP contribution in [0.25, 0.3) is 0 Å². The third-order valence-corrected chi connectivity index (χ3v) is 3.71. The molecule has 2 rings (SSSR count). The first kappa shape index (κ1) is 12.6. The molecule has 1 heterocycles. The highest BCUT2D eigenvalue weighted by Crippen LogP contribution is 2.14. The van der Waals surface area contributed by atoms with Crippen molar-refractivity contribution in [3.8, 4) is 0 Å². The first-order chi connectivity index (χ1) is 8.36. The summed E-state index contributed by atoms with van der Waals surface area (Å²) in [6.07, 6.45) is 2.65. The first-order valence-electron chi connectivity index (χ1n) is 6.82. The molecular formula is C15H24N2. The van der Waals surface area contributed by atoms with Crippen molar-refractivity contribution < 1.29 is 0 Å². The van der Waals surface area contributed by atoms with Gasteiger partial charge in [-0.15, -0.1) is 0 Å². The lowest BCUT2D eigenvalue weighted by atomic mass is 9.97. The Morgan fingerprint density at radius 2 is 1.94 bits per heavy atom. The Bertz CT molecular complexity index is 304. The van der Waals surface area contributed by atoms with E-state index in [1.165, 1.54) is 38.0 Å². The van der Waals surface area contributed by atoms with E-state index >= 15 is 0 Å². The van der Waals surface area contributed by atoms with Crippen molar-refractivity contribution in [2.75, 3.05) is 26.2 Å². The van der Waals surface area contributed by atoms with Gasteiger partial charge in [-0.1, -0.05) is 37.3 Å². The van der Waals surface area contributed by atoms with Crippen LogP contribution < -0.4 is 10.6 Å². The van der Waals surface area contributed by atoms with Crippen molar-refractivity contribution in [2.24, 2.45) is 5.92 Å². The van der Waals surface area contributed by atoms with Crippen LogP contribution in [0.3, 0.4) is 0 Å². The molecule has 0 aliphatic carbocycles. The summed E-state index contributed by atoms with van der Waals surface area (Å²) in [7, 11) is 0. The average Bonchev–Trinajstić information content (AvgIpc) is 2.41. The van der Waals surface area contributed by atoms with Crippen molar-refractivity contribution in [2.45, 2.75) is 25.7 Å². The molecule has 0 radical (unpaired) electrons. The van der Waals surface area contributed by atoms with Gasteiger partial charge in [0.1, 0.15) is 0 Å². The number of hydrogen-bond donors (Lipinski definition) is 2. The van der Waals surface area contributed by atoms with Crippen molar-refractivity contribution in [1.29, 1.82) is 0 Å². The minimum atomic E-state index is 0.609. The summed E-state index contributed by atoms with van der Waals surface area (Å²) in [6, 6.07) is 10.8. The SMILES string of the molecule is CC(CNCC1CCNCC1)c1ccccc1. The summed E-state index contributed by atoms with van der Waals surface area (Å²) in [4.78, 5) is 0.